The molecule has 0 bridgehead atoms. The van der Waals surface area contributed by atoms with Gasteiger partial charge in [-0.05, 0) is 97.5 Å². The first-order chi connectivity index (χ1) is 26.3. The lowest BCUT2D eigenvalue weighted by molar-refractivity contribution is 0.563. The molecule has 0 saturated heterocycles. The zero-order valence-electron chi connectivity index (χ0n) is 31.6. The molecule has 0 aliphatic heterocycles. The van der Waals surface area contributed by atoms with Gasteiger partial charge in [-0.3, -0.25) is 0 Å². The van der Waals surface area contributed by atoms with E-state index in [1.807, 2.05) is 24.3 Å². The largest absolute Gasteiger partial charge is 0.394 e. The first kappa shape index (κ1) is 42.1. The predicted molar refractivity (Wildman–Crippen MR) is 227 cm³/mol. The van der Waals surface area contributed by atoms with E-state index in [1.54, 1.807) is 24.3 Å². The average molecular weight is 858 g/mol. The van der Waals surface area contributed by atoms with Crippen LogP contribution in [0.1, 0.15) is 75.4 Å². The number of nitrogens with two attached hydrogens (primary N) is 3. The summed E-state index contributed by atoms with van der Waals surface area (Å²) in [4.78, 5) is 14.0. The van der Waals surface area contributed by atoms with Crippen LogP contribution in [0.2, 0.25) is 0 Å². The molecule has 1 aliphatic rings. The van der Waals surface area contributed by atoms with Crippen molar-refractivity contribution in [1.82, 2.24) is 29.0 Å². The number of rotatable bonds is 17. The molecule has 0 amide bonds. The molecule has 2 aromatic carbocycles. The third-order valence-electron chi connectivity index (χ3n) is 9.48. The summed E-state index contributed by atoms with van der Waals surface area (Å²) in [5.41, 5.74) is 24.6. The summed E-state index contributed by atoms with van der Waals surface area (Å²) < 4.78 is 55.2. The van der Waals surface area contributed by atoms with E-state index in [2.05, 4.69) is 52.1 Å². The number of para-hydroxylation sites is 1. The number of nitrogens with one attached hydrogen (secondary N) is 3. The number of fused-ring (bicyclic) bond motifs is 4. The quantitative estimate of drug-likeness (QED) is 0.0604. The lowest BCUT2D eigenvalue weighted by Crippen LogP contribution is -2.25. The fourth-order valence-electron chi connectivity index (χ4n) is 6.72. The summed E-state index contributed by atoms with van der Waals surface area (Å²) in [6.07, 6.45) is 11.8. The Kier molecular flexibility index (Phi) is 14.7. The summed E-state index contributed by atoms with van der Waals surface area (Å²) in [7, 11) is -6.66. The second-order valence-electron chi connectivity index (χ2n) is 13.7. The van der Waals surface area contributed by atoms with Crippen molar-refractivity contribution >= 4 is 80.9 Å². The number of imidazole rings is 1. The lowest BCUT2D eigenvalue weighted by Gasteiger charge is -2.18. The van der Waals surface area contributed by atoms with E-state index in [0.29, 0.717) is 47.9 Å². The molecule has 5 aromatic rings. The number of hydrogen-bond acceptors (Lipinski definition) is 11. The van der Waals surface area contributed by atoms with Crippen LogP contribution in [0, 0.1) is 0 Å². The Hall–Kier alpha value is -4.03. The topological polar surface area (TPSA) is 226 Å². The Bertz CT molecular complexity index is 2320. The van der Waals surface area contributed by atoms with Crippen LogP contribution in [-0.4, -0.2) is 62.2 Å². The summed E-state index contributed by atoms with van der Waals surface area (Å²) in [6.45, 7) is 4.46. The Labute approximate surface area is 332 Å². The highest BCUT2D eigenvalue weighted by atomic mass is 79.9. The molecular weight excluding hydrogens is 805 g/mol. The van der Waals surface area contributed by atoms with Crippen LogP contribution in [0.15, 0.2) is 57.9 Å². The van der Waals surface area contributed by atoms with Crippen LogP contribution in [0.5, 0.6) is 0 Å². The molecule has 0 saturated carbocycles. The van der Waals surface area contributed by atoms with Crippen LogP contribution < -0.4 is 32.0 Å². The molecule has 3 heterocycles. The number of hydrogen-bond donors (Lipinski definition) is 6. The Morgan fingerprint density at radius 3 is 2.25 bits per heavy atom. The van der Waals surface area contributed by atoms with Gasteiger partial charge in [0.2, 0.25) is 20.0 Å². The minimum Gasteiger partial charge on any atom is -0.394 e. The van der Waals surface area contributed by atoms with Gasteiger partial charge in [-0.1, -0.05) is 43.7 Å². The van der Waals surface area contributed by atoms with Crippen LogP contribution >= 0.6 is 15.9 Å². The van der Waals surface area contributed by atoms with Crippen LogP contribution in [0.3, 0.4) is 0 Å². The second kappa shape index (κ2) is 19.2. The predicted octanol–water partition coefficient (Wildman–Crippen LogP) is 5.90. The Morgan fingerprint density at radius 2 is 1.49 bits per heavy atom. The number of benzene rings is 2. The maximum absolute atomic E-state index is 12.3. The SMILES string of the molecule is CCCCc1nc2c(N)nc3c(c2n1CCCCNS(C)(=O)=O)CCCC3.Nc1nc2ccccc2c(NCCCCNS(=O)(=O)c2ccccc2Br)c1N. The van der Waals surface area contributed by atoms with Gasteiger partial charge in [-0.15, -0.1) is 0 Å². The van der Waals surface area contributed by atoms with Crippen LogP contribution in [0.4, 0.5) is 23.0 Å². The number of unbranched alkanes of at least 4 members (excludes halogenated alkanes) is 3. The van der Waals surface area contributed by atoms with Gasteiger partial charge >= 0.3 is 0 Å². The summed E-state index contributed by atoms with van der Waals surface area (Å²) >= 11 is 3.27. The van der Waals surface area contributed by atoms with Crippen LogP contribution in [0.25, 0.3) is 21.9 Å². The van der Waals surface area contributed by atoms with Gasteiger partial charge in [0.1, 0.15) is 17.2 Å². The molecule has 9 N–H and O–H groups in total. The molecule has 14 nitrogen and oxygen atoms in total. The van der Waals surface area contributed by atoms with E-state index in [0.717, 1.165) is 91.5 Å². The molecule has 17 heteroatoms. The molecule has 0 radical (unpaired) electrons. The molecular formula is C38H53BrN10O4S2. The maximum Gasteiger partial charge on any atom is 0.241 e. The lowest BCUT2D eigenvalue weighted by atomic mass is 9.95. The van der Waals surface area contributed by atoms with Crippen molar-refractivity contribution in [1.29, 1.82) is 0 Å². The normalized spacial score (nSPS) is 13.1. The van der Waals surface area contributed by atoms with Crippen molar-refractivity contribution in [2.75, 3.05) is 48.4 Å². The van der Waals surface area contributed by atoms with E-state index >= 15 is 0 Å². The smallest absolute Gasteiger partial charge is 0.241 e. The van der Waals surface area contributed by atoms with Crippen LogP contribution in [-0.2, 0) is 45.9 Å². The van der Waals surface area contributed by atoms with E-state index < -0.39 is 20.0 Å². The molecule has 1 aliphatic carbocycles. The number of aryl methyl sites for hydroxylation is 4. The number of sulfonamides is 2. The van der Waals surface area contributed by atoms with E-state index in [9.17, 15) is 16.8 Å². The van der Waals surface area contributed by atoms with Gasteiger partial charge < -0.3 is 27.1 Å². The highest BCUT2D eigenvalue weighted by Gasteiger charge is 2.22. The van der Waals surface area contributed by atoms with Crippen molar-refractivity contribution < 1.29 is 16.8 Å². The third kappa shape index (κ3) is 11.1. The number of nitrogen functional groups attached to an aromatic ring is 3. The second-order valence-corrected chi connectivity index (χ2v) is 18.2. The van der Waals surface area contributed by atoms with Crippen molar-refractivity contribution in [3.8, 4) is 0 Å². The van der Waals surface area contributed by atoms with Gasteiger partial charge in [0.05, 0.1) is 33.6 Å². The number of pyridine rings is 2. The molecule has 0 unspecified atom stereocenters. The van der Waals surface area contributed by atoms with Gasteiger partial charge in [0.15, 0.2) is 5.82 Å². The first-order valence-corrected chi connectivity index (χ1v) is 23.0. The molecule has 3 aromatic heterocycles. The van der Waals surface area contributed by atoms with Gasteiger partial charge in [-0.25, -0.2) is 41.2 Å². The number of aromatic nitrogens is 4. The zero-order chi connectivity index (χ0) is 39.6. The van der Waals surface area contributed by atoms with E-state index in [1.165, 1.54) is 30.2 Å². The monoisotopic (exact) mass is 856 g/mol. The number of halogens is 1. The third-order valence-corrected chi connectivity index (χ3v) is 12.7. The molecule has 0 spiro atoms. The fraction of sp³-hybridized carbons (Fsp3) is 0.447. The van der Waals surface area contributed by atoms with Gasteiger partial charge in [-0.2, -0.15) is 0 Å². The van der Waals surface area contributed by atoms with E-state index in [-0.39, 0.29) is 4.90 Å². The molecule has 0 atom stereocenters. The fourth-order valence-corrected chi connectivity index (χ4v) is 9.31. The molecule has 0 fully saturated rings. The standard InChI is InChI=1S/C19H22BrN5O2S.C19H31N5O2S/c20-14-8-2-4-10-16(14)28(26,27)24-12-6-5-11-23-18-13-7-1-3-9-15(13)25-19(22)17(18)21;1-3-4-11-16-23-17-18(14-9-5-6-10-15(14)22-19(17)20)24(16)13-8-7-12-21-27(2,25)26/h1-4,7-10,24H,5-6,11-12,21H2,(H3,22,23,25);21H,3-13H2,1-2H3,(H2,20,22). The van der Waals surface area contributed by atoms with Crippen molar-refractivity contribution in [3.05, 3.63) is 70.1 Å². The van der Waals surface area contributed by atoms with Gasteiger partial charge in [0.25, 0.3) is 0 Å². The minimum absolute atomic E-state index is 0.236. The highest BCUT2D eigenvalue weighted by molar-refractivity contribution is 9.10. The zero-order valence-corrected chi connectivity index (χ0v) is 34.8. The first-order valence-electron chi connectivity index (χ1n) is 18.8. The molecule has 298 valence electrons. The molecule has 6 rings (SSSR count). The number of nitrogens with zero attached hydrogens (tertiary/aromatic N) is 4. The summed E-state index contributed by atoms with van der Waals surface area (Å²) in [5.74, 6) is 1.92. The van der Waals surface area contributed by atoms with Crippen molar-refractivity contribution in [2.45, 2.75) is 89.0 Å². The maximum atomic E-state index is 12.3. The molecule has 55 heavy (non-hydrogen) atoms. The van der Waals surface area contributed by atoms with E-state index in [4.69, 9.17) is 22.2 Å². The van der Waals surface area contributed by atoms with Crippen molar-refractivity contribution in [3.63, 3.8) is 0 Å². The Morgan fingerprint density at radius 1 is 0.800 bits per heavy atom. The summed E-state index contributed by atoms with van der Waals surface area (Å²) in [5, 5.41) is 4.21. The minimum atomic E-state index is -3.53. The average Bonchev–Trinajstić information content (AvgIpc) is 3.52. The highest BCUT2D eigenvalue weighted by Crippen LogP contribution is 2.33. The Balaban J connectivity index is 0.000000211. The summed E-state index contributed by atoms with van der Waals surface area (Å²) in [6, 6.07) is 14.4. The number of anilines is 4. The van der Waals surface area contributed by atoms with Gasteiger partial charge in [0, 0.05) is 48.2 Å². The van der Waals surface area contributed by atoms with Crippen molar-refractivity contribution in [2.24, 2.45) is 0 Å².